The Morgan fingerprint density at radius 2 is 2.14 bits per heavy atom. The van der Waals surface area contributed by atoms with Crippen LogP contribution in [0.25, 0.3) is 0 Å². The molecule has 0 saturated carbocycles. The largest absolute Gasteiger partial charge is 0.481 e. The fourth-order valence-electron chi connectivity index (χ4n) is 1.49. The van der Waals surface area contributed by atoms with Crippen molar-refractivity contribution in [2.45, 2.75) is 27.2 Å². The van der Waals surface area contributed by atoms with Crippen molar-refractivity contribution >= 4 is 23.5 Å². The average molecular weight is 315 g/mol. The van der Waals surface area contributed by atoms with Crippen molar-refractivity contribution in [2.75, 3.05) is 13.2 Å². The molecule has 0 radical (unpaired) electrons. The van der Waals surface area contributed by atoms with E-state index < -0.39 is 11.4 Å². The number of carboxylic acid groups (broad SMARTS) is 1. The van der Waals surface area contributed by atoms with Crippen LogP contribution < -0.4 is 10.1 Å². The van der Waals surface area contributed by atoms with Crippen LogP contribution in [-0.4, -0.2) is 35.1 Å². The zero-order valence-electron chi connectivity index (χ0n) is 12.3. The van der Waals surface area contributed by atoms with Crippen molar-refractivity contribution in [3.05, 3.63) is 22.8 Å². The van der Waals surface area contributed by atoms with Gasteiger partial charge in [0.25, 0.3) is 5.91 Å². The van der Waals surface area contributed by atoms with E-state index in [0.29, 0.717) is 18.6 Å². The van der Waals surface area contributed by atoms with E-state index in [4.69, 9.17) is 21.4 Å². The number of hydrogen-bond donors (Lipinski definition) is 2. The number of aliphatic carboxylic acids is 1. The SMILES string of the molecule is CCOc1ncc(C(=O)NCCC(C)(C)C(=O)O)cc1Cl. The van der Waals surface area contributed by atoms with E-state index in [2.05, 4.69) is 10.3 Å². The molecule has 0 spiro atoms. The minimum atomic E-state index is -0.900. The number of nitrogens with zero attached hydrogens (tertiary/aromatic N) is 1. The van der Waals surface area contributed by atoms with Gasteiger partial charge < -0.3 is 15.2 Å². The first-order chi connectivity index (χ1) is 9.77. The van der Waals surface area contributed by atoms with Crippen LogP contribution in [0.5, 0.6) is 5.88 Å². The summed E-state index contributed by atoms with van der Waals surface area (Å²) in [5.41, 5.74) is -0.585. The number of hydrogen-bond acceptors (Lipinski definition) is 4. The van der Waals surface area contributed by atoms with Gasteiger partial charge in [-0.2, -0.15) is 0 Å². The van der Waals surface area contributed by atoms with Gasteiger partial charge in [-0.3, -0.25) is 9.59 Å². The molecule has 1 heterocycles. The van der Waals surface area contributed by atoms with E-state index >= 15 is 0 Å². The Balaban J connectivity index is 2.60. The van der Waals surface area contributed by atoms with Crippen LogP contribution in [0.15, 0.2) is 12.3 Å². The number of carboxylic acids is 1. The molecule has 1 amide bonds. The molecule has 1 rings (SSSR count). The number of rotatable bonds is 7. The van der Waals surface area contributed by atoms with Gasteiger partial charge in [-0.05, 0) is 33.3 Å². The van der Waals surface area contributed by atoms with E-state index in [0.717, 1.165) is 0 Å². The molecule has 0 bridgehead atoms. The van der Waals surface area contributed by atoms with Crippen LogP contribution in [0.2, 0.25) is 5.02 Å². The van der Waals surface area contributed by atoms with Crippen LogP contribution in [0.1, 0.15) is 37.6 Å². The second kappa shape index (κ2) is 7.26. The maximum Gasteiger partial charge on any atom is 0.309 e. The normalized spacial score (nSPS) is 11.0. The Bertz CT molecular complexity index is 532. The second-order valence-electron chi connectivity index (χ2n) is 5.14. The lowest BCUT2D eigenvalue weighted by Gasteiger charge is -2.18. The zero-order chi connectivity index (χ0) is 16.0. The van der Waals surface area contributed by atoms with E-state index in [1.807, 2.05) is 6.92 Å². The van der Waals surface area contributed by atoms with Gasteiger partial charge in [0.05, 0.1) is 17.6 Å². The second-order valence-corrected chi connectivity index (χ2v) is 5.55. The van der Waals surface area contributed by atoms with Crippen LogP contribution in [0, 0.1) is 5.41 Å². The van der Waals surface area contributed by atoms with Crippen molar-refractivity contribution in [1.29, 1.82) is 0 Å². The lowest BCUT2D eigenvalue weighted by atomic mass is 9.90. The molecule has 1 aromatic rings. The van der Waals surface area contributed by atoms with Crippen molar-refractivity contribution in [1.82, 2.24) is 10.3 Å². The number of carbonyl (C=O) groups is 2. The van der Waals surface area contributed by atoms with E-state index in [1.165, 1.54) is 12.3 Å². The average Bonchev–Trinajstić information content (AvgIpc) is 2.40. The Kier molecular flexibility index (Phi) is 5.96. The summed E-state index contributed by atoms with van der Waals surface area (Å²) in [6.45, 7) is 5.71. The molecular weight excluding hydrogens is 296 g/mol. The van der Waals surface area contributed by atoms with E-state index in [-0.39, 0.29) is 23.4 Å². The molecule has 7 heteroatoms. The van der Waals surface area contributed by atoms with Crippen molar-refractivity contribution < 1.29 is 19.4 Å². The molecule has 0 aliphatic carbocycles. The standard InChI is InChI=1S/C14H19ClN2O4/c1-4-21-12-10(15)7-9(8-17-12)11(18)16-6-5-14(2,3)13(19)20/h7-8H,4-6H2,1-3H3,(H,16,18)(H,19,20). The summed E-state index contributed by atoms with van der Waals surface area (Å²) in [4.78, 5) is 26.8. The van der Waals surface area contributed by atoms with Crippen LogP contribution in [-0.2, 0) is 4.79 Å². The van der Waals surface area contributed by atoms with E-state index in [9.17, 15) is 9.59 Å². The number of nitrogens with one attached hydrogen (secondary N) is 1. The fraction of sp³-hybridized carbons (Fsp3) is 0.500. The number of pyridine rings is 1. The predicted octanol–water partition coefficient (Wildman–Crippen LogP) is 2.36. The summed E-state index contributed by atoms with van der Waals surface area (Å²) >= 11 is 5.96. The third kappa shape index (κ3) is 4.90. The van der Waals surface area contributed by atoms with Gasteiger partial charge in [-0.15, -0.1) is 0 Å². The molecule has 0 fully saturated rings. The number of halogens is 1. The molecular formula is C14H19ClN2O4. The van der Waals surface area contributed by atoms with Gasteiger partial charge in [0.1, 0.15) is 5.02 Å². The summed E-state index contributed by atoms with van der Waals surface area (Å²) in [6.07, 6.45) is 1.70. The smallest absolute Gasteiger partial charge is 0.309 e. The van der Waals surface area contributed by atoms with Crippen LogP contribution in [0.4, 0.5) is 0 Å². The molecule has 0 aliphatic rings. The Labute approximate surface area is 128 Å². The third-order valence-corrected chi connectivity index (χ3v) is 3.24. The molecule has 1 aromatic heterocycles. The predicted molar refractivity (Wildman–Crippen MR) is 78.8 cm³/mol. The number of carbonyl (C=O) groups excluding carboxylic acids is 1. The van der Waals surface area contributed by atoms with Crippen molar-refractivity contribution in [2.24, 2.45) is 5.41 Å². The highest BCUT2D eigenvalue weighted by Gasteiger charge is 2.26. The van der Waals surface area contributed by atoms with Gasteiger partial charge in [-0.25, -0.2) is 4.98 Å². The summed E-state index contributed by atoms with van der Waals surface area (Å²) < 4.78 is 5.18. The monoisotopic (exact) mass is 314 g/mol. The minimum Gasteiger partial charge on any atom is -0.481 e. The molecule has 0 aliphatic heterocycles. The van der Waals surface area contributed by atoms with Gasteiger partial charge in [0, 0.05) is 12.7 Å². The Morgan fingerprint density at radius 3 is 2.67 bits per heavy atom. The number of ether oxygens (including phenoxy) is 1. The lowest BCUT2D eigenvalue weighted by molar-refractivity contribution is -0.147. The topological polar surface area (TPSA) is 88.5 Å². The number of amides is 1. The maximum atomic E-state index is 11.9. The highest BCUT2D eigenvalue weighted by molar-refractivity contribution is 6.32. The molecule has 0 atom stereocenters. The molecule has 0 saturated heterocycles. The highest BCUT2D eigenvalue weighted by atomic mass is 35.5. The quantitative estimate of drug-likeness (QED) is 0.806. The van der Waals surface area contributed by atoms with Crippen molar-refractivity contribution in [3.63, 3.8) is 0 Å². The maximum absolute atomic E-state index is 11.9. The van der Waals surface area contributed by atoms with Crippen LogP contribution >= 0.6 is 11.6 Å². The van der Waals surface area contributed by atoms with E-state index in [1.54, 1.807) is 13.8 Å². The summed E-state index contributed by atoms with van der Waals surface area (Å²) in [7, 11) is 0. The fourth-order valence-corrected chi connectivity index (χ4v) is 1.71. The molecule has 21 heavy (non-hydrogen) atoms. The summed E-state index contributed by atoms with van der Waals surface area (Å²) in [6, 6.07) is 1.47. The van der Waals surface area contributed by atoms with Gasteiger partial charge >= 0.3 is 5.97 Å². The Hall–Kier alpha value is -1.82. The van der Waals surface area contributed by atoms with Gasteiger partial charge in [0.15, 0.2) is 0 Å². The van der Waals surface area contributed by atoms with Gasteiger partial charge in [0.2, 0.25) is 5.88 Å². The van der Waals surface area contributed by atoms with Crippen LogP contribution in [0.3, 0.4) is 0 Å². The number of aromatic nitrogens is 1. The third-order valence-electron chi connectivity index (χ3n) is 2.97. The summed E-state index contributed by atoms with van der Waals surface area (Å²) in [5.74, 6) is -0.973. The molecule has 6 nitrogen and oxygen atoms in total. The molecule has 2 N–H and O–H groups in total. The zero-order valence-corrected chi connectivity index (χ0v) is 13.0. The molecule has 0 unspecified atom stereocenters. The molecule has 0 aromatic carbocycles. The van der Waals surface area contributed by atoms with Gasteiger partial charge in [-0.1, -0.05) is 11.6 Å². The first kappa shape index (κ1) is 17.2. The highest BCUT2D eigenvalue weighted by Crippen LogP contribution is 2.22. The minimum absolute atomic E-state index is 0.253. The van der Waals surface area contributed by atoms with Crippen molar-refractivity contribution in [3.8, 4) is 5.88 Å². The Morgan fingerprint density at radius 1 is 1.48 bits per heavy atom. The summed E-state index contributed by atoms with van der Waals surface area (Å²) in [5, 5.41) is 11.9. The first-order valence-corrected chi connectivity index (χ1v) is 6.95. The lowest BCUT2D eigenvalue weighted by Crippen LogP contribution is -2.32. The molecule has 116 valence electrons. The first-order valence-electron chi connectivity index (χ1n) is 6.58.